The van der Waals surface area contributed by atoms with Gasteiger partial charge in [0, 0.05) is 52.2 Å². The van der Waals surface area contributed by atoms with Crippen LogP contribution < -0.4 is 0 Å². The first kappa shape index (κ1) is 46.0. The predicted octanol–water partition coefficient (Wildman–Crippen LogP) is 4.97. The van der Waals surface area contributed by atoms with Crippen LogP contribution in [-0.2, 0) is 52.2 Å². The van der Waals surface area contributed by atoms with Gasteiger partial charge in [-0.15, -0.1) is 0 Å². The Morgan fingerprint density at radius 1 is 0.900 bits per heavy atom. The summed E-state index contributed by atoms with van der Waals surface area (Å²) in [6, 6.07) is 0. The van der Waals surface area contributed by atoms with Crippen molar-refractivity contribution < 1.29 is 67.5 Å². The van der Waals surface area contributed by atoms with Crippen molar-refractivity contribution in [1.29, 1.82) is 0 Å². The number of allylic oxidation sites excluding steroid dienone is 2. The molecular formula is C46H70O14. The normalized spacial score (nSPS) is 50.1. The van der Waals surface area contributed by atoms with Crippen LogP contribution in [0.3, 0.4) is 0 Å². The van der Waals surface area contributed by atoms with Gasteiger partial charge >= 0.3 is 5.97 Å². The fourth-order valence-corrected chi connectivity index (χ4v) is 10.6. The van der Waals surface area contributed by atoms with E-state index in [9.17, 15) is 20.1 Å². The van der Waals surface area contributed by atoms with Gasteiger partial charge in [0.1, 0.15) is 42.0 Å². The Morgan fingerprint density at radius 2 is 1.62 bits per heavy atom. The highest BCUT2D eigenvalue weighted by Gasteiger charge is 2.60. The molecule has 6 heterocycles. The van der Waals surface area contributed by atoms with Gasteiger partial charge in [0.15, 0.2) is 18.4 Å². The Kier molecular flexibility index (Phi) is 14.5. The van der Waals surface area contributed by atoms with Gasteiger partial charge in [-0.25, -0.2) is 0 Å². The summed E-state index contributed by atoms with van der Waals surface area (Å²) in [4.78, 5) is 14.3. The first-order valence-electron chi connectivity index (χ1n) is 22.3. The second kappa shape index (κ2) is 19.0. The number of methoxy groups -OCH3 is 2. The molecule has 1 aliphatic carbocycles. The SMILES string of the molecule is CC[C@H]1O[C@]2(CC[C@@H]1C)C[C@H]1C[C@@H](C/C=C(\C)[C@@H](O[C@H]3C[C@H](OC)[C@@H](O[C@H]4C[C@H](OC)[C@@H](O)[C@H](C)O4)[C@H](C)O3)[C@@H](C)/C=C/C=C3/CO[C@H]4[C@H](O)C(C)=C[C@@H](C(=O)O1)[C@@]34O)O2. The summed E-state index contributed by atoms with van der Waals surface area (Å²) in [7, 11) is 3.22. The maximum atomic E-state index is 14.3. The van der Waals surface area contributed by atoms with Gasteiger partial charge in [0.25, 0.3) is 0 Å². The summed E-state index contributed by atoms with van der Waals surface area (Å²) < 4.78 is 63.5. The fourth-order valence-electron chi connectivity index (χ4n) is 10.6. The highest BCUT2D eigenvalue weighted by Crippen LogP contribution is 2.47. The molecular weight excluding hydrogens is 776 g/mol. The Balaban J connectivity index is 1.17. The Morgan fingerprint density at radius 3 is 2.35 bits per heavy atom. The molecule has 2 bridgehead atoms. The van der Waals surface area contributed by atoms with E-state index in [0.29, 0.717) is 55.6 Å². The molecule has 7 aliphatic rings. The zero-order valence-electron chi connectivity index (χ0n) is 36.9. The lowest BCUT2D eigenvalue weighted by atomic mass is 9.71. The molecule has 14 nitrogen and oxygen atoms in total. The van der Waals surface area contributed by atoms with Crippen LogP contribution in [0.15, 0.2) is 47.1 Å². The van der Waals surface area contributed by atoms with Crippen molar-refractivity contribution in [3.05, 3.63) is 47.1 Å². The molecule has 0 aromatic heterocycles. The number of rotatable bonds is 7. The summed E-state index contributed by atoms with van der Waals surface area (Å²) in [6.45, 7) is 14.0. The number of aliphatic hydroxyl groups excluding tert-OH is 2. The Bertz CT molecular complexity index is 1630. The maximum absolute atomic E-state index is 14.3. The summed E-state index contributed by atoms with van der Waals surface area (Å²) in [6.07, 6.45) is 6.46. The average Bonchev–Trinajstić information content (AvgIpc) is 3.56. The van der Waals surface area contributed by atoms with E-state index >= 15 is 0 Å². The number of ether oxygens (including phenoxy) is 10. The van der Waals surface area contributed by atoms with Crippen LogP contribution in [0.25, 0.3) is 0 Å². The summed E-state index contributed by atoms with van der Waals surface area (Å²) in [5.41, 5.74) is 0.192. The molecule has 6 aliphatic heterocycles. The first-order chi connectivity index (χ1) is 28.6. The fraction of sp³-hybridized carbons (Fsp3) is 0.804. The summed E-state index contributed by atoms with van der Waals surface area (Å²) in [5, 5.41) is 34.1. The molecule has 3 N–H and O–H groups in total. The van der Waals surface area contributed by atoms with Crippen molar-refractivity contribution in [3.8, 4) is 0 Å². The quantitative estimate of drug-likeness (QED) is 0.232. The van der Waals surface area contributed by atoms with E-state index < -0.39 is 90.8 Å². The molecule has 0 saturated carbocycles. The topological polar surface area (TPSA) is 170 Å². The molecule has 7 rings (SSSR count). The predicted molar refractivity (Wildman–Crippen MR) is 218 cm³/mol. The lowest BCUT2D eigenvalue weighted by Crippen LogP contribution is -2.58. The monoisotopic (exact) mass is 846 g/mol. The third kappa shape index (κ3) is 9.28. The average molecular weight is 847 g/mol. The van der Waals surface area contributed by atoms with Gasteiger partial charge < -0.3 is 62.7 Å². The number of carbonyl (C=O) groups is 1. The highest BCUT2D eigenvalue weighted by atomic mass is 16.7. The zero-order chi connectivity index (χ0) is 43.1. The second-order valence-electron chi connectivity index (χ2n) is 18.4. The molecule has 1 spiro atoms. The zero-order valence-corrected chi connectivity index (χ0v) is 36.9. The smallest absolute Gasteiger partial charge is 0.316 e. The molecule has 14 heteroatoms. The molecule has 60 heavy (non-hydrogen) atoms. The lowest BCUT2D eigenvalue weighted by Gasteiger charge is -2.50. The van der Waals surface area contributed by atoms with Gasteiger partial charge in [-0.1, -0.05) is 51.2 Å². The van der Waals surface area contributed by atoms with E-state index in [1.807, 2.05) is 26.0 Å². The summed E-state index contributed by atoms with van der Waals surface area (Å²) in [5.74, 6) is -2.37. The largest absolute Gasteiger partial charge is 0.462 e. The van der Waals surface area contributed by atoms with Gasteiger partial charge in [0.2, 0.25) is 0 Å². The van der Waals surface area contributed by atoms with Crippen LogP contribution in [0.1, 0.15) is 99.8 Å². The van der Waals surface area contributed by atoms with Crippen molar-refractivity contribution in [2.45, 2.75) is 197 Å². The van der Waals surface area contributed by atoms with E-state index in [-0.39, 0.29) is 30.8 Å². The van der Waals surface area contributed by atoms with Gasteiger partial charge in [-0.3, -0.25) is 4.79 Å². The number of hydrogen-bond donors (Lipinski definition) is 3. The molecule has 0 aromatic carbocycles. The van der Waals surface area contributed by atoms with E-state index in [2.05, 4.69) is 26.8 Å². The second-order valence-corrected chi connectivity index (χ2v) is 18.4. The Labute approximate surface area is 355 Å². The number of esters is 1. The van der Waals surface area contributed by atoms with Crippen molar-refractivity contribution in [3.63, 3.8) is 0 Å². The van der Waals surface area contributed by atoms with Gasteiger partial charge in [0.05, 0.1) is 49.3 Å². The minimum Gasteiger partial charge on any atom is -0.462 e. The number of carbonyl (C=O) groups excluding carboxylic acids is 1. The van der Waals surface area contributed by atoms with Crippen LogP contribution in [0.2, 0.25) is 0 Å². The van der Waals surface area contributed by atoms with Crippen molar-refractivity contribution in [1.82, 2.24) is 0 Å². The molecule has 0 amide bonds. The molecule has 0 unspecified atom stereocenters. The maximum Gasteiger partial charge on any atom is 0.316 e. The third-order valence-corrected chi connectivity index (χ3v) is 14.2. The molecule has 5 saturated heterocycles. The highest BCUT2D eigenvalue weighted by molar-refractivity contribution is 5.78. The van der Waals surface area contributed by atoms with Crippen molar-refractivity contribution in [2.75, 3.05) is 20.8 Å². The van der Waals surface area contributed by atoms with Crippen LogP contribution in [0.4, 0.5) is 0 Å². The van der Waals surface area contributed by atoms with Crippen LogP contribution in [-0.4, -0.2) is 139 Å². The number of fused-ring (bicyclic) bond motifs is 2. The third-order valence-electron chi connectivity index (χ3n) is 14.2. The minimum absolute atomic E-state index is 0.0114. The lowest BCUT2D eigenvalue weighted by molar-refractivity contribution is -0.335. The van der Waals surface area contributed by atoms with Crippen molar-refractivity contribution in [2.24, 2.45) is 17.8 Å². The van der Waals surface area contributed by atoms with E-state index in [4.69, 9.17) is 47.4 Å². The molecule has 0 radical (unpaired) electrons. The number of hydrogen-bond acceptors (Lipinski definition) is 14. The molecule has 338 valence electrons. The van der Waals surface area contributed by atoms with E-state index in [1.54, 1.807) is 40.2 Å². The molecule has 19 atom stereocenters. The summed E-state index contributed by atoms with van der Waals surface area (Å²) >= 11 is 0. The van der Waals surface area contributed by atoms with Crippen LogP contribution in [0.5, 0.6) is 0 Å². The number of aliphatic hydroxyl groups is 3. The standard InChI is InChI=1S/C46H70O14/c1-10-34-24(2)16-17-45(60-34)22-32-19-31(59-45)15-14-26(4)41(25(3)12-11-13-30-23-53-43-39(47)27(5)18-33(44(49)56-32)46(30,43)50)57-38-21-36(52-9)42(29(7)55-38)58-37-20-35(51-8)40(48)28(6)54-37/h11-14,18,24-25,28-29,31-43,47-48,50H,10,15-17,19-23H2,1-9H3/b12-11+,26-14+,30-13-/t24-,25-,28-,29-,31+,32+,33-,34+,35-,36-,37-,38-,39+,40-,41-,42-,43-,45+,46-/m0/s1. The molecule has 5 fully saturated rings. The van der Waals surface area contributed by atoms with E-state index in [1.165, 1.54) is 0 Å². The van der Waals surface area contributed by atoms with Crippen molar-refractivity contribution >= 4 is 5.97 Å². The van der Waals surface area contributed by atoms with Crippen LogP contribution in [0, 0.1) is 17.8 Å². The molecule has 0 aromatic rings. The van der Waals surface area contributed by atoms with Crippen LogP contribution >= 0.6 is 0 Å². The van der Waals surface area contributed by atoms with E-state index in [0.717, 1.165) is 18.4 Å². The van der Waals surface area contributed by atoms with Gasteiger partial charge in [-0.2, -0.15) is 0 Å². The minimum atomic E-state index is -1.82. The Hall–Kier alpha value is -2.05. The first-order valence-corrected chi connectivity index (χ1v) is 22.3. The van der Waals surface area contributed by atoms with Gasteiger partial charge in [-0.05, 0) is 69.6 Å².